The number of nitrogens with zero attached hydrogens (tertiary/aromatic N) is 1. The van der Waals surface area contributed by atoms with Crippen LogP contribution in [-0.2, 0) is 11.3 Å². The van der Waals surface area contributed by atoms with Gasteiger partial charge in [-0.15, -0.1) is 0 Å². The van der Waals surface area contributed by atoms with E-state index in [2.05, 4.69) is 15.3 Å². The Hall–Kier alpha value is -1.72. The molecular formula is C14H19N3O2. The number of para-hydroxylation sites is 1. The summed E-state index contributed by atoms with van der Waals surface area (Å²) in [5.74, 6) is 0.635. The van der Waals surface area contributed by atoms with Gasteiger partial charge >= 0.3 is 0 Å². The quantitative estimate of drug-likeness (QED) is 0.854. The molecule has 0 aliphatic carbocycles. The average molecular weight is 261 g/mol. The molecule has 0 amide bonds. The van der Waals surface area contributed by atoms with Crippen LogP contribution in [0.2, 0.25) is 0 Å². The molecule has 19 heavy (non-hydrogen) atoms. The van der Waals surface area contributed by atoms with E-state index in [1.807, 2.05) is 32.0 Å². The summed E-state index contributed by atoms with van der Waals surface area (Å²) in [6.45, 7) is 5.18. The molecule has 0 saturated carbocycles. The highest BCUT2D eigenvalue weighted by atomic mass is 16.5. The third kappa shape index (κ3) is 3.39. The van der Waals surface area contributed by atoms with Gasteiger partial charge in [0.05, 0.1) is 23.0 Å². The van der Waals surface area contributed by atoms with Crippen LogP contribution in [0.4, 0.5) is 0 Å². The molecule has 0 unspecified atom stereocenters. The predicted octanol–water partition coefficient (Wildman–Crippen LogP) is 1.44. The number of benzene rings is 1. The van der Waals surface area contributed by atoms with Gasteiger partial charge in [-0.05, 0) is 26.0 Å². The van der Waals surface area contributed by atoms with E-state index in [4.69, 9.17) is 4.74 Å². The summed E-state index contributed by atoms with van der Waals surface area (Å²) < 4.78 is 5.31. The second-order valence-electron chi connectivity index (χ2n) is 5.10. The zero-order valence-corrected chi connectivity index (χ0v) is 11.5. The molecule has 0 aliphatic rings. The monoisotopic (exact) mass is 261 g/mol. The smallest absolute Gasteiger partial charge is 0.258 e. The number of nitrogens with one attached hydrogen (secondary N) is 2. The Balaban J connectivity index is 2.12. The number of fused-ring (bicyclic) bond motifs is 1. The van der Waals surface area contributed by atoms with Gasteiger partial charge < -0.3 is 15.0 Å². The van der Waals surface area contributed by atoms with Crippen LogP contribution in [0.5, 0.6) is 0 Å². The molecule has 0 saturated heterocycles. The standard InChI is InChI=1S/C14H19N3O2/c1-14(2,19-3)9-15-8-12-16-11-7-5-4-6-10(11)13(18)17-12/h4-7,15H,8-9H2,1-3H3,(H,16,17,18). The first-order valence-electron chi connectivity index (χ1n) is 6.26. The molecule has 5 nitrogen and oxygen atoms in total. The molecule has 2 aromatic rings. The SMILES string of the molecule is COC(C)(C)CNCc1nc2ccccc2c(=O)[nH]1. The Bertz CT molecular complexity index is 619. The maximum Gasteiger partial charge on any atom is 0.258 e. The van der Waals surface area contributed by atoms with Gasteiger partial charge in [0.25, 0.3) is 5.56 Å². The molecule has 2 rings (SSSR count). The summed E-state index contributed by atoms with van der Waals surface area (Å²) in [7, 11) is 1.68. The largest absolute Gasteiger partial charge is 0.377 e. The zero-order valence-electron chi connectivity index (χ0n) is 11.5. The number of ether oxygens (including phenoxy) is 1. The minimum absolute atomic E-state index is 0.103. The summed E-state index contributed by atoms with van der Waals surface area (Å²) >= 11 is 0. The second-order valence-corrected chi connectivity index (χ2v) is 5.10. The molecule has 5 heteroatoms. The number of hydrogen-bond donors (Lipinski definition) is 2. The molecule has 1 aromatic carbocycles. The lowest BCUT2D eigenvalue weighted by atomic mass is 10.1. The van der Waals surface area contributed by atoms with E-state index in [-0.39, 0.29) is 11.2 Å². The fraction of sp³-hybridized carbons (Fsp3) is 0.429. The van der Waals surface area contributed by atoms with Gasteiger partial charge in [0.1, 0.15) is 5.82 Å². The Labute approximate surface area is 112 Å². The lowest BCUT2D eigenvalue weighted by molar-refractivity contribution is 0.0229. The fourth-order valence-corrected chi connectivity index (χ4v) is 1.77. The highest BCUT2D eigenvalue weighted by Gasteiger charge is 2.15. The van der Waals surface area contributed by atoms with Gasteiger partial charge in [0.15, 0.2) is 0 Å². The molecule has 2 N–H and O–H groups in total. The Morgan fingerprint density at radius 2 is 2.11 bits per heavy atom. The molecule has 0 aliphatic heterocycles. The van der Waals surface area contributed by atoms with E-state index >= 15 is 0 Å². The normalized spacial score (nSPS) is 11.9. The van der Waals surface area contributed by atoms with Crippen LogP contribution in [0, 0.1) is 0 Å². The van der Waals surface area contributed by atoms with Crippen molar-refractivity contribution in [1.29, 1.82) is 0 Å². The van der Waals surface area contributed by atoms with Gasteiger partial charge in [-0.3, -0.25) is 4.79 Å². The van der Waals surface area contributed by atoms with Gasteiger partial charge in [0, 0.05) is 13.7 Å². The maximum atomic E-state index is 11.9. The number of H-pyrrole nitrogens is 1. The number of rotatable bonds is 5. The first-order chi connectivity index (χ1) is 9.02. The fourth-order valence-electron chi connectivity index (χ4n) is 1.77. The summed E-state index contributed by atoms with van der Waals surface area (Å²) in [4.78, 5) is 19.1. The Morgan fingerprint density at radius 3 is 2.84 bits per heavy atom. The van der Waals surface area contributed by atoms with E-state index in [9.17, 15) is 4.79 Å². The molecule has 0 fully saturated rings. The van der Waals surface area contributed by atoms with Crippen LogP contribution in [-0.4, -0.2) is 29.2 Å². The first-order valence-corrected chi connectivity index (χ1v) is 6.26. The molecule has 1 heterocycles. The van der Waals surface area contributed by atoms with Crippen LogP contribution in [0.1, 0.15) is 19.7 Å². The highest BCUT2D eigenvalue weighted by Crippen LogP contribution is 2.07. The topological polar surface area (TPSA) is 67.0 Å². The third-order valence-electron chi connectivity index (χ3n) is 3.06. The van der Waals surface area contributed by atoms with Gasteiger partial charge in [-0.1, -0.05) is 12.1 Å². The van der Waals surface area contributed by atoms with Crippen molar-refractivity contribution in [3.05, 3.63) is 40.4 Å². The van der Waals surface area contributed by atoms with Crippen LogP contribution in [0.15, 0.2) is 29.1 Å². The van der Waals surface area contributed by atoms with E-state index < -0.39 is 0 Å². The van der Waals surface area contributed by atoms with Gasteiger partial charge in [0.2, 0.25) is 0 Å². The molecule has 102 valence electrons. The lowest BCUT2D eigenvalue weighted by Crippen LogP contribution is -2.36. The van der Waals surface area contributed by atoms with Crippen LogP contribution in [0.25, 0.3) is 10.9 Å². The van der Waals surface area contributed by atoms with Crippen molar-refractivity contribution in [2.45, 2.75) is 26.0 Å². The van der Waals surface area contributed by atoms with Crippen LogP contribution in [0.3, 0.4) is 0 Å². The van der Waals surface area contributed by atoms with Crippen LogP contribution >= 0.6 is 0 Å². The van der Waals surface area contributed by atoms with E-state index in [1.165, 1.54) is 0 Å². The molecule has 0 bridgehead atoms. The Morgan fingerprint density at radius 1 is 1.37 bits per heavy atom. The average Bonchev–Trinajstić information content (AvgIpc) is 2.39. The number of methoxy groups -OCH3 is 1. The number of aromatic amines is 1. The van der Waals surface area contributed by atoms with Crippen molar-refractivity contribution in [2.75, 3.05) is 13.7 Å². The molecule has 0 radical (unpaired) electrons. The van der Waals surface area contributed by atoms with Crippen molar-refractivity contribution in [3.63, 3.8) is 0 Å². The summed E-state index contributed by atoms with van der Waals surface area (Å²) in [6.07, 6.45) is 0. The van der Waals surface area contributed by atoms with Crippen molar-refractivity contribution in [2.24, 2.45) is 0 Å². The first kappa shape index (κ1) is 13.7. The number of aromatic nitrogens is 2. The van der Waals surface area contributed by atoms with Crippen molar-refractivity contribution in [3.8, 4) is 0 Å². The van der Waals surface area contributed by atoms with E-state index in [1.54, 1.807) is 13.2 Å². The molecular weight excluding hydrogens is 242 g/mol. The van der Waals surface area contributed by atoms with E-state index in [0.717, 1.165) is 0 Å². The highest BCUT2D eigenvalue weighted by molar-refractivity contribution is 5.77. The van der Waals surface area contributed by atoms with Gasteiger partial charge in [-0.25, -0.2) is 4.98 Å². The maximum absolute atomic E-state index is 11.9. The second kappa shape index (κ2) is 5.50. The third-order valence-corrected chi connectivity index (χ3v) is 3.06. The summed E-state index contributed by atoms with van der Waals surface area (Å²) in [5.41, 5.74) is 0.374. The lowest BCUT2D eigenvalue weighted by Gasteiger charge is -2.23. The Kier molecular flexibility index (Phi) is 3.97. The van der Waals surface area contributed by atoms with Crippen molar-refractivity contribution in [1.82, 2.24) is 15.3 Å². The molecule has 0 atom stereocenters. The zero-order chi connectivity index (χ0) is 13.9. The number of hydrogen-bond acceptors (Lipinski definition) is 4. The summed E-state index contributed by atoms with van der Waals surface area (Å²) in [6, 6.07) is 7.32. The molecule has 1 aromatic heterocycles. The minimum atomic E-state index is -0.239. The van der Waals surface area contributed by atoms with Crippen LogP contribution < -0.4 is 10.9 Å². The van der Waals surface area contributed by atoms with Gasteiger partial charge in [-0.2, -0.15) is 0 Å². The van der Waals surface area contributed by atoms with Crippen molar-refractivity contribution >= 4 is 10.9 Å². The van der Waals surface area contributed by atoms with Crippen molar-refractivity contribution < 1.29 is 4.74 Å². The minimum Gasteiger partial charge on any atom is -0.377 e. The summed E-state index contributed by atoms with van der Waals surface area (Å²) in [5, 5.41) is 3.84. The predicted molar refractivity (Wildman–Crippen MR) is 75.2 cm³/mol. The molecule has 0 spiro atoms. The van der Waals surface area contributed by atoms with E-state index in [0.29, 0.717) is 29.8 Å².